The van der Waals surface area contributed by atoms with Crippen molar-refractivity contribution < 1.29 is 23.5 Å². The van der Waals surface area contributed by atoms with Crippen LogP contribution >= 0.6 is 0 Å². The SMILES string of the molecule is CC(C)(C)[Si](C)(C)O[C@@H](CNCc1ccc2c(c1)oc(=O)n2CCCCc1ccc(NC(=O)O[C@H]2CN3CCC2CC3)c(-c2ccccc2)c1)c1ccc(O)c2[nH]c(=O)ccc12. The lowest BCUT2D eigenvalue weighted by molar-refractivity contribution is -0.0289. The standard InChI is InChI=1S/C49H59N5O7Si/c1-49(2,3)62(4,5)61-43(36-16-20-41(55)46-37(36)17-21-45(56)52-46)30-50-29-33-15-19-40-42(28-33)60-48(58)54(40)24-10-9-11-32-14-18-39(38(27-32)34-12-7-6-8-13-34)51-47(57)59-44-31-53-25-22-35(44)23-26-53/h6-8,12-21,27-28,35,43-44,50,55H,9-11,22-26,29-31H2,1-5H3,(H,51,57)(H,52,56)/t43-,44-/m0/s1. The number of nitrogens with one attached hydrogen (secondary N) is 3. The van der Waals surface area contributed by atoms with Gasteiger partial charge in [0.15, 0.2) is 13.9 Å². The van der Waals surface area contributed by atoms with Crippen LogP contribution in [0.4, 0.5) is 10.5 Å². The lowest BCUT2D eigenvalue weighted by atomic mass is 9.86. The topological polar surface area (TPSA) is 151 Å². The number of pyridine rings is 1. The molecule has 3 aliphatic heterocycles. The Bertz CT molecular complexity index is 2660. The molecule has 0 saturated carbocycles. The van der Waals surface area contributed by atoms with E-state index in [2.05, 4.69) is 66.5 Å². The van der Waals surface area contributed by atoms with E-state index in [1.165, 1.54) is 6.07 Å². The maximum atomic E-state index is 13.1. The molecule has 4 N–H and O–H groups in total. The van der Waals surface area contributed by atoms with Gasteiger partial charge in [-0.25, -0.2) is 9.59 Å². The van der Waals surface area contributed by atoms with Crippen LogP contribution in [-0.4, -0.2) is 66.3 Å². The van der Waals surface area contributed by atoms with E-state index >= 15 is 0 Å². The number of aromatic hydroxyl groups is 1. The summed E-state index contributed by atoms with van der Waals surface area (Å²) in [6, 6.07) is 28.8. The highest BCUT2D eigenvalue weighted by Crippen LogP contribution is 2.41. The molecule has 326 valence electrons. The van der Waals surface area contributed by atoms with Crippen molar-refractivity contribution in [1.29, 1.82) is 0 Å². The molecule has 3 aliphatic rings. The zero-order valence-corrected chi connectivity index (χ0v) is 37.5. The monoisotopic (exact) mass is 857 g/mol. The van der Waals surface area contributed by atoms with E-state index in [0.29, 0.717) is 36.7 Å². The van der Waals surface area contributed by atoms with Crippen LogP contribution in [0.2, 0.25) is 18.1 Å². The lowest BCUT2D eigenvalue weighted by Gasteiger charge is -2.43. The number of fused-ring (bicyclic) bond motifs is 5. The molecule has 1 amide bonds. The van der Waals surface area contributed by atoms with Crippen molar-refractivity contribution in [3.8, 4) is 16.9 Å². The fraction of sp³-hybridized carbons (Fsp3) is 0.408. The number of piperidine rings is 3. The van der Waals surface area contributed by atoms with E-state index in [9.17, 15) is 19.5 Å². The first-order valence-electron chi connectivity index (χ1n) is 22.0. The summed E-state index contributed by atoms with van der Waals surface area (Å²) in [6.07, 6.45) is 3.78. The Balaban J connectivity index is 0.898. The molecule has 2 atom stereocenters. The molecule has 0 spiro atoms. The normalized spacial score (nSPS) is 18.3. The molecule has 9 rings (SSSR count). The molecule has 2 aromatic heterocycles. The largest absolute Gasteiger partial charge is 0.506 e. The van der Waals surface area contributed by atoms with Gasteiger partial charge in [-0.2, -0.15) is 0 Å². The predicted octanol–water partition coefficient (Wildman–Crippen LogP) is 9.33. The van der Waals surface area contributed by atoms with Crippen molar-refractivity contribution in [2.45, 2.75) is 96.3 Å². The minimum atomic E-state index is -2.24. The second-order valence-corrected chi connectivity index (χ2v) is 23.3. The van der Waals surface area contributed by atoms with Crippen molar-refractivity contribution in [3.05, 3.63) is 129 Å². The fourth-order valence-electron chi connectivity index (χ4n) is 8.70. The van der Waals surface area contributed by atoms with Gasteiger partial charge in [-0.1, -0.05) is 69.3 Å². The Labute approximate surface area is 363 Å². The molecule has 13 heteroatoms. The number of phenols is 1. The number of oxazole rings is 1. The number of H-pyrrole nitrogens is 1. The van der Waals surface area contributed by atoms with Crippen molar-refractivity contribution in [1.82, 2.24) is 19.8 Å². The molecule has 5 heterocycles. The first kappa shape index (κ1) is 43.2. The number of rotatable bonds is 15. The first-order valence-corrected chi connectivity index (χ1v) is 24.9. The fourth-order valence-corrected chi connectivity index (χ4v) is 9.98. The van der Waals surface area contributed by atoms with Crippen molar-refractivity contribution in [2.24, 2.45) is 5.92 Å². The number of aromatic amines is 1. The number of amides is 1. The van der Waals surface area contributed by atoms with E-state index in [1.54, 1.807) is 16.7 Å². The van der Waals surface area contributed by atoms with Crippen LogP contribution in [0.3, 0.4) is 0 Å². The van der Waals surface area contributed by atoms with Crippen molar-refractivity contribution >= 4 is 42.1 Å². The van der Waals surface area contributed by atoms with Crippen molar-refractivity contribution in [3.63, 3.8) is 0 Å². The molecule has 3 fully saturated rings. The second-order valence-electron chi connectivity index (χ2n) is 18.5. The maximum absolute atomic E-state index is 13.1. The van der Waals surface area contributed by atoms with Gasteiger partial charge in [-0.05, 0) is 128 Å². The summed E-state index contributed by atoms with van der Waals surface area (Å²) in [5, 5.41) is 17.9. The number of nitrogens with zero attached hydrogens (tertiary/aromatic N) is 2. The number of benzene rings is 4. The number of ether oxygens (including phenoxy) is 1. The lowest BCUT2D eigenvalue weighted by Crippen LogP contribution is -2.52. The Kier molecular flexibility index (Phi) is 12.6. The number of hydrogen-bond donors (Lipinski definition) is 4. The van der Waals surface area contributed by atoms with Gasteiger partial charge in [0.05, 0.1) is 22.8 Å². The van der Waals surface area contributed by atoms with Crippen molar-refractivity contribution in [2.75, 3.05) is 31.5 Å². The van der Waals surface area contributed by atoms with Crippen LogP contribution in [0.15, 0.2) is 105 Å². The van der Waals surface area contributed by atoms with Gasteiger partial charge in [0.1, 0.15) is 11.9 Å². The van der Waals surface area contributed by atoms with Gasteiger partial charge < -0.3 is 29.0 Å². The molecule has 0 aliphatic carbocycles. The summed E-state index contributed by atoms with van der Waals surface area (Å²) < 4.78 is 20.4. The molecule has 0 unspecified atom stereocenters. The summed E-state index contributed by atoms with van der Waals surface area (Å²) in [7, 11) is -2.24. The van der Waals surface area contributed by atoms with E-state index in [4.69, 9.17) is 13.6 Å². The van der Waals surface area contributed by atoms with E-state index in [0.717, 1.165) is 96.1 Å². The molecule has 4 aromatic carbocycles. The number of phenolic OH excluding ortho intramolecular Hbond substituents is 1. The number of unbranched alkanes of at least 4 members (excludes halogenated alkanes) is 1. The number of carbonyl (C=O) groups is 1. The molecule has 6 aromatic rings. The van der Waals surface area contributed by atoms with Gasteiger partial charge in [0.25, 0.3) is 0 Å². The van der Waals surface area contributed by atoms with Crippen LogP contribution in [0.1, 0.15) is 69.2 Å². The van der Waals surface area contributed by atoms with Gasteiger partial charge in [0.2, 0.25) is 5.56 Å². The number of aryl methyl sites for hydroxylation is 2. The quantitative estimate of drug-likeness (QED) is 0.0585. The molecule has 12 nitrogen and oxygen atoms in total. The summed E-state index contributed by atoms with van der Waals surface area (Å²) in [5.41, 5.74) is 7.08. The van der Waals surface area contributed by atoms with E-state index < -0.39 is 14.4 Å². The highest BCUT2D eigenvalue weighted by atomic mass is 28.4. The Morgan fingerprint density at radius 1 is 0.952 bits per heavy atom. The summed E-state index contributed by atoms with van der Waals surface area (Å²) in [4.78, 5) is 43.5. The molecule has 2 bridgehead atoms. The van der Waals surface area contributed by atoms with Gasteiger partial charge >= 0.3 is 11.8 Å². The van der Waals surface area contributed by atoms with E-state index in [1.807, 2.05) is 60.7 Å². The Morgan fingerprint density at radius 3 is 2.47 bits per heavy atom. The summed E-state index contributed by atoms with van der Waals surface area (Å²) >= 11 is 0. The third-order valence-corrected chi connectivity index (χ3v) is 17.7. The number of carbonyl (C=O) groups excluding carboxylic acids is 1. The molecular weight excluding hydrogens is 799 g/mol. The second kappa shape index (κ2) is 18.1. The van der Waals surface area contributed by atoms with Crippen LogP contribution < -0.4 is 21.9 Å². The average Bonchev–Trinajstić information content (AvgIpc) is 3.56. The Hall–Kier alpha value is -5.47. The third-order valence-electron chi connectivity index (χ3n) is 13.2. The van der Waals surface area contributed by atoms with Crippen LogP contribution in [0.25, 0.3) is 33.1 Å². The zero-order chi connectivity index (χ0) is 43.6. The number of anilines is 1. The van der Waals surface area contributed by atoms with Crippen LogP contribution in [-0.2, 0) is 28.7 Å². The maximum Gasteiger partial charge on any atom is 0.419 e. The summed E-state index contributed by atoms with van der Waals surface area (Å²) in [6.45, 7) is 15.5. The van der Waals surface area contributed by atoms with Gasteiger partial charge in [-0.3, -0.25) is 19.6 Å². The molecule has 0 radical (unpaired) electrons. The minimum Gasteiger partial charge on any atom is -0.506 e. The Morgan fingerprint density at radius 2 is 1.73 bits per heavy atom. The number of hydrogen-bond acceptors (Lipinski definition) is 9. The van der Waals surface area contributed by atoms with E-state index in [-0.39, 0.29) is 34.3 Å². The minimum absolute atomic E-state index is 0.0122. The predicted molar refractivity (Wildman–Crippen MR) is 247 cm³/mol. The number of aromatic nitrogens is 2. The first-order chi connectivity index (χ1) is 29.7. The average molecular weight is 858 g/mol. The smallest absolute Gasteiger partial charge is 0.419 e. The highest BCUT2D eigenvalue weighted by molar-refractivity contribution is 6.74. The molecule has 3 saturated heterocycles. The zero-order valence-electron chi connectivity index (χ0n) is 36.5. The highest BCUT2D eigenvalue weighted by Gasteiger charge is 2.40. The van der Waals surface area contributed by atoms with Crippen LogP contribution in [0.5, 0.6) is 5.75 Å². The summed E-state index contributed by atoms with van der Waals surface area (Å²) in [5.74, 6) is 0.0716. The van der Waals surface area contributed by atoms with Gasteiger partial charge in [-0.15, -0.1) is 0 Å². The van der Waals surface area contributed by atoms with Crippen LogP contribution in [0, 0.1) is 5.92 Å². The molecule has 62 heavy (non-hydrogen) atoms. The third kappa shape index (κ3) is 9.61. The molecular formula is C49H59N5O7Si. The van der Waals surface area contributed by atoms with Gasteiger partial charge in [0, 0.05) is 43.2 Å².